The van der Waals surface area contributed by atoms with E-state index in [9.17, 15) is 4.79 Å². The van der Waals surface area contributed by atoms with E-state index in [4.69, 9.17) is 5.26 Å². The van der Waals surface area contributed by atoms with Crippen LogP contribution in [0.5, 0.6) is 0 Å². The Morgan fingerprint density at radius 3 is 2.79 bits per heavy atom. The zero-order chi connectivity index (χ0) is 13.7. The van der Waals surface area contributed by atoms with Gasteiger partial charge in [-0.05, 0) is 37.0 Å². The number of amides is 1. The van der Waals surface area contributed by atoms with Crippen LogP contribution in [-0.2, 0) is 11.3 Å². The molecule has 0 radical (unpaired) electrons. The molecule has 0 heterocycles. The van der Waals surface area contributed by atoms with E-state index in [1.54, 1.807) is 6.07 Å². The number of rotatable bonds is 4. The van der Waals surface area contributed by atoms with Gasteiger partial charge < -0.3 is 5.32 Å². The van der Waals surface area contributed by atoms with Gasteiger partial charge in [-0.15, -0.1) is 0 Å². The molecular formula is C16H20N2O. The van der Waals surface area contributed by atoms with Crippen LogP contribution in [0.4, 0.5) is 0 Å². The van der Waals surface area contributed by atoms with Crippen molar-refractivity contribution in [2.45, 2.75) is 45.6 Å². The topological polar surface area (TPSA) is 52.9 Å². The number of carbonyl (C=O) groups excluding carboxylic acids is 1. The summed E-state index contributed by atoms with van der Waals surface area (Å²) in [5.74, 6) is 0.176. The van der Waals surface area contributed by atoms with Crippen molar-refractivity contribution in [3.8, 4) is 6.07 Å². The van der Waals surface area contributed by atoms with Gasteiger partial charge in [0.2, 0.25) is 5.91 Å². The molecule has 100 valence electrons. The summed E-state index contributed by atoms with van der Waals surface area (Å²) in [5.41, 5.74) is 1.47. The van der Waals surface area contributed by atoms with Gasteiger partial charge in [-0.3, -0.25) is 4.79 Å². The van der Waals surface area contributed by atoms with E-state index in [1.807, 2.05) is 18.2 Å². The van der Waals surface area contributed by atoms with Crippen LogP contribution in [0.2, 0.25) is 0 Å². The molecule has 1 aromatic carbocycles. The average Bonchev–Trinajstić information content (AvgIpc) is 2.95. The largest absolute Gasteiger partial charge is 0.352 e. The van der Waals surface area contributed by atoms with E-state index in [1.165, 1.54) is 0 Å². The number of nitriles is 1. The molecule has 2 rings (SSSR count). The third kappa shape index (κ3) is 2.96. The van der Waals surface area contributed by atoms with Gasteiger partial charge in [0.1, 0.15) is 0 Å². The summed E-state index contributed by atoms with van der Waals surface area (Å²) in [6.45, 7) is 2.61. The van der Waals surface area contributed by atoms with E-state index in [0.717, 1.165) is 37.7 Å². The normalized spacial score (nSPS) is 16.8. The van der Waals surface area contributed by atoms with Crippen LogP contribution in [0.25, 0.3) is 0 Å². The van der Waals surface area contributed by atoms with Gasteiger partial charge >= 0.3 is 0 Å². The molecule has 1 aromatic rings. The lowest BCUT2D eigenvalue weighted by Gasteiger charge is -2.26. The number of benzene rings is 1. The van der Waals surface area contributed by atoms with Crippen LogP contribution < -0.4 is 5.32 Å². The minimum atomic E-state index is -0.146. The summed E-state index contributed by atoms with van der Waals surface area (Å²) in [4.78, 5) is 12.4. The maximum absolute atomic E-state index is 12.4. The number of nitrogens with one attached hydrogen (secondary N) is 1. The molecule has 0 bridgehead atoms. The van der Waals surface area contributed by atoms with Crippen molar-refractivity contribution in [2.75, 3.05) is 0 Å². The van der Waals surface area contributed by atoms with Crippen LogP contribution in [0.3, 0.4) is 0 Å². The second kappa shape index (κ2) is 5.88. The van der Waals surface area contributed by atoms with Crippen LogP contribution in [0, 0.1) is 16.7 Å². The highest BCUT2D eigenvalue weighted by molar-refractivity contribution is 5.82. The molecule has 1 amide bonds. The van der Waals surface area contributed by atoms with Crippen LogP contribution in [-0.4, -0.2) is 5.91 Å². The predicted octanol–water partition coefficient (Wildman–Crippen LogP) is 3.14. The minimum Gasteiger partial charge on any atom is -0.352 e. The highest BCUT2D eigenvalue weighted by Crippen LogP contribution is 2.41. The molecule has 19 heavy (non-hydrogen) atoms. The summed E-state index contributed by atoms with van der Waals surface area (Å²) in [7, 11) is 0. The Balaban J connectivity index is 1.98. The molecule has 3 heteroatoms. The Bertz CT molecular complexity index is 496. The average molecular weight is 256 g/mol. The molecule has 1 aliphatic rings. The van der Waals surface area contributed by atoms with Crippen molar-refractivity contribution in [1.82, 2.24) is 5.32 Å². The molecule has 1 aliphatic carbocycles. The Hall–Kier alpha value is -1.82. The third-order valence-corrected chi connectivity index (χ3v) is 4.23. The summed E-state index contributed by atoms with van der Waals surface area (Å²) in [5, 5.41) is 11.9. The number of hydrogen-bond acceptors (Lipinski definition) is 2. The lowest BCUT2D eigenvalue weighted by atomic mass is 9.82. The fourth-order valence-electron chi connectivity index (χ4n) is 2.91. The Morgan fingerprint density at radius 1 is 1.42 bits per heavy atom. The Kier molecular flexibility index (Phi) is 4.21. The van der Waals surface area contributed by atoms with Crippen LogP contribution >= 0.6 is 0 Å². The van der Waals surface area contributed by atoms with Gasteiger partial charge in [0.25, 0.3) is 0 Å². The zero-order valence-corrected chi connectivity index (χ0v) is 11.4. The van der Waals surface area contributed by atoms with Gasteiger partial charge in [-0.25, -0.2) is 0 Å². The first kappa shape index (κ1) is 13.6. The molecule has 1 N–H and O–H groups in total. The van der Waals surface area contributed by atoms with E-state index in [-0.39, 0.29) is 11.3 Å². The van der Waals surface area contributed by atoms with Crippen molar-refractivity contribution in [1.29, 1.82) is 5.26 Å². The highest BCUT2D eigenvalue weighted by atomic mass is 16.2. The molecule has 0 spiro atoms. The lowest BCUT2D eigenvalue weighted by molar-refractivity contribution is -0.131. The second-order valence-corrected chi connectivity index (χ2v) is 5.34. The number of nitrogens with zero attached hydrogens (tertiary/aromatic N) is 1. The standard InChI is InChI=1S/C16H20N2O/c1-2-16(8-3-4-9-16)15(19)18-12-14-7-5-6-13(10-14)11-17/h5-7,10H,2-4,8-9,12H2,1H3,(H,18,19). The van der Waals surface area contributed by atoms with E-state index in [0.29, 0.717) is 12.1 Å². The quantitative estimate of drug-likeness (QED) is 0.899. The first-order valence-corrected chi connectivity index (χ1v) is 6.97. The molecule has 1 fully saturated rings. The van der Waals surface area contributed by atoms with Crippen LogP contribution in [0.1, 0.15) is 50.2 Å². The summed E-state index contributed by atoms with van der Waals surface area (Å²) in [6, 6.07) is 9.51. The van der Waals surface area contributed by atoms with E-state index in [2.05, 4.69) is 18.3 Å². The third-order valence-electron chi connectivity index (χ3n) is 4.23. The second-order valence-electron chi connectivity index (χ2n) is 5.34. The molecule has 3 nitrogen and oxygen atoms in total. The summed E-state index contributed by atoms with van der Waals surface area (Å²) >= 11 is 0. The molecular weight excluding hydrogens is 236 g/mol. The van der Waals surface area contributed by atoms with Gasteiger partial charge in [0, 0.05) is 12.0 Å². The zero-order valence-electron chi connectivity index (χ0n) is 11.4. The summed E-state index contributed by atoms with van der Waals surface area (Å²) < 4.78 is 0. The Morgan fingerprint density at radius 2 is 2.16 bits per heavy atom. The fourth-order valence-corrected chi connectivity index (χ4v) is 2.91. The number of hydrogen-bond donors (Lipinski definition) is 1. The van der Waals surface area contributed by atoms with Crippen molar-refractivity contribution >= 4 is 5.91 Å². The number of carbonyl (C=O) groups is 1. The fraction of sp³-hybridized carbons (Fsp3) is 0.500. The van der Waals surface area contributed by atoms with E-state index >= 15 is 0 Å². The van der Waals surface area contributed by atoms with Gasteiger partial charge in [0.05, 0.1) is 11.6 Å². The van der Waals surface area contributed by atoms with Crippen molar-refractivity contribution < 1.29 is 4.79 Å². The molecule has 1 saturated carbocycles. The van der Waals surface area contributed by atoms with E-state index < -0.39 is 0 Å². The Labute approximate surface area is 114 Å². The first-order chi connectivity index (χ1) is 9.20. The van der Waals surface area contributed by atoms with Crippen molar-refractivity contribution in [2.24, 2.45) is 5.41 Å². The smallest absolute Gasteiger partial charge is 0.226 e. The lowest BCUT2D eigenvalue weighted by Crippen LogP contribution is -2.38. The van der Waals surface area contributed by atoms with Gasteiger partial charge in [-0.1, -0.05) is 31.9 Å². The highest BCUT2D eigenvalue weighted by Gasteiger charge is 2.38. The maximum Gasteiger partial charge on any atom is 0.226 e. The SMILES string of the molecule is CCC1(C(=O)NCc2cccc(C#N)c2)CCCC1. The first-order valence-electron chi connectivity index (χ1n) is 6.97. The predicted molar refractivity (Wildman–Crippen MR) is 74.2 cm³/mol. The maximum atomic E-state index is 12.4. The summed E-state index contributed by atoms with van der Waals surface area (Å²) in [6.07, 6.45) is 5.24. The molecule has 0 aliphatic heterocycles. The monoisotopic (exact) mass is 256 g/mol. The molecule has 0 saturated heterocycles. The van der Waals surface area contributed by atoms with Gasteiger partial charge in [0.15, 0.2) is 0 Å². The van der Waals surface area contributed by atoms with Gasteiger partial charge in [-0.2, -0.15) is 5.26 Å². The molecule has 0 aromatic heterocycles. The molecule has 0 atom stereocenters. The minimum absolute atomic E-state index is 0.146. The van der Waals surface area contributed by atoms with Crippen molar-refractivity contribution in [3.63, 3.8) is 0 Å². The van der Waals surface area contributed by atoms with Crippen LogP contribution in [0.15, 0.2) is 24.3 Å². The molecule has 0 unspecified atom stereocenters. The van der Waals surface area contributed by atoms with Crippen molar-refractivity contribution in [3.05, 3.63) is 35.4 Å².